The van der Waals surface area contributed by atoms with Crippen molar-refractivity contribution in [3.8, 4) is 0 Å². The van der Waals surface area contributed by atoms with Gasteiger partial charge in [0.25, 0.3) is 0 Å². The quantitative estimate of drug-likeness (QED) is 0.0367. The highest BCUT2D eigenvalue weighted by Gasteiger charge is 2.25. The van der Waals surface area contributed by atoms with E-state index in [0.29, 0.717) is 6.42 Å². The Balaban J connectivity index is 3.92. The minimum Gasteiger partial charge on any atom is -0.462 e. The molecule has 0 saturated heterocycles. The number of ether oxygens (including phenoxy) is 2. The Kier molecular flexibility index (Phi) is 43.9. The standard InChI is InChI=1S/C48H95O8P/c1-4-7-9-11-13-15-17-19-21-22-23-24-25-26-27-29-31-33-35-37-39-41-43-48(50)56-46(45-55-57(51,52)54-6-3)44-53-47(49)42-40-38-36-34-32-30-28-20-18-16-14-12-10-8-5-2/h46H,4-45H2,1-3H3,(H,51,52). The third kappa shape index (κ3) is 44.4. The van der Waals surface area contributed by atoms with Gasteiger partial charge in [0.2, 0.25) is 0 Å². The Morgan fingerprint density at radius 1 is 0.404 bits per heavy atom. The van der Waals surface area contributed by atoms with Crippen molar-refractivity contribution >= 4 is 19.8 Å². The molecular weight excluding hydrogens is 735 g/mol. The number of hydrogen-bond donors (Lipinski definition) is 1. The highest BCUT2D eigenvalue weighted by Crippen LogP contribution is 2.43. The molecule has 0 fully saturated rings. The Morgan fingerprint density at radius 3 is 0.982 bits per heavy atom. The number of phosphoric acid groups is 1. The van der Waals surface area contributed by atoms with Crippen LogP contribution in [0.3, 0.4) is 0 Å². The van der Waals surface area contributed by atoms with Gasteiger partial charge < -0.3 is 14.4 Å². The van der Waals surface area contributed by atoms with Crippen LogP contribution in [0.15, 0.2) is 0 Å². The topological polar surface area (TPSA) is 108 Å². The smallest absolute Gasteiger partial charge is 0.462 e. The van der Waals surface area contributed by atoms with Crippen LogP contribution < -0.4 is 0 Å². The molecule has 8 nitrogen and oxygen atoms in total. The molecule has 0 spiro atoms. The summed E-state index contributed by atoms with van der Waals surface area (Å²) >= 11 is 0. The first kappa shape index (κ1) is 56.0. The second kappa shape index (κ2) is 44.6. The average Bonchev–Trinajstić information content (AvgIpc) is 3.19. The maximum Gasteiger partial charge on any atom is 0.472 e. The zero-order valence-corrected chi connectivity index (χ0v) is 38.9. The number of esters is 2. The van der Waals surface area contributed by atoms with E-state index in [-0.39, 0.29) is 32.2 Å². The van der Waals surface area contributed by atoms with E-state index in [0.717, 1.165) is 38.5 Å². The molecule has 0 aliphatic heterocycles. The molecule has 340 valence electrons. The van der Waals surface area contributed by atoms with Crippen LogP contribution in [0.5, 0.6) is 0 Å². The molecule has 0 aromatic rings. The van der Waals surface area contributed by atoms with Gasteiger partial charge in [-0.05, 0) is 19.8 Å². The monoisotopic (exact) mass is 831 g/mol. The average molecular weight is 831 g/mol. The van der Waals surface area contributed by atoms with E-state index in [1.54, 1.807) is 6.92 Å². The predicted octanol–water partition coefficient (Wildman–Crippen LogP) is 15.8. The summed E-state index contributed by atoms with van der Waals surface area (Å²) < 4.78 is 32.8. The summed E-state index contributed by atoms with van der Waals surface area (Å²) in [5.41, 5.74) is 0. The lowest BCUT2D eigenvalue weighted by atomic mass is 10.0. The molecule has 2 unspecified atom stereocenters. The molecule has 0 aliphatic rings. The fraction of sp³-hybridized carbons (Fsp3) is 0.958. The van der Waals surface area contributed by atoms with E-state index in [1.807, 2.05) is 0 Å². The lowest BCUT2D eigenvalue weighted by Gasteiger charge is -2.19. The number of hydrogen-bond acceptors (Lipinski definition) is 7. The molecule has 0 aliphatic carbocycles. The van der Waals surface area contributed by atoms with Gasteiger partial charge in [0, 0.05) is 12.8 Å². The van der Waals surface area contributed by atoms with Gasteiger partial charge in [0.05, 0.1) is 13.2 Å². The van der Waals surface area contributed by atoms with Gasteiger partial charge in [-0.25, -0.2) is 4.57 Å². The fourth-order valence-electron chi connectivity index (χ4n) is 7.52. The molecule has 0 rings (SSSR count). The van der Waals surface area contributed by atoms with E-state index in [4.69, 9.17) is 18.5 Å². The number of carbonyl (C=O) groups is 2. The highest BCUT2D eigenvalue weighted by atomic mass is 31.2. The van der Waals surface area contributed by atoms with Crippen molar-refractivity contribution in [1.29, 1.82) is 0 Å². The van der Waals surface area contributed by atoms with Crippen LogP contribution >= 0.6 is 7.82 Å². The van der Waals surface area contributed by atoms with Crippen LogP contribution in [-0.4, -0.2) is 42.8 Å². The molecule has 57 heavy (non-hydrogen) atoms. The van der Waals surface area contributed by atoms with Crippen LogP contribution in [0.2, 0.25) is 0 Å². The number of rotatable bonds is 47. The van der Waals surface area contributed by atoms with Crippen molar-refractivity contribution in [1.82, 2.24) is 0 Å². The second-order valence-corrected chi connectivity index (χ2v) is 18.3. The maximum absolute atomic E-state index is 12.6. The highest BCUT2D eigenvalue weighted by molar-refractivity contribution is 7.47. The summed E-state index contributed by atoms with van der Waals surface area (Å²) in [7, 11) is -4.28. The molecule has 9 heteroatoms. The normalized spacial score (nSPS) is 13.1. The van der Waals surface area contributed by atoms with E-state index >= 15 is 0 Å². The van der Waals surface area contributed by atoms with E-state index < -0.39 is 19.9 Å². The van der Waals surface area contributed by atoms with Gasteiger partial charge in [-0.15, -0.1) is 0 Å². The largest absolute Gasteiger partial charge is 0.472 e. The van der Waals surface area contributed by atoms with Crippen LogP contribution in [0.1, 0.15) is 271 Å². The van der Waals surface area contributed by atoms with Gasteiger partial charge in [0.15, 0.2) is 6.10 Å². The second-order valence-electron chi connectivity index (χ2n) is 16.9. The van der Waals surface area contributed by atoms with Crippen LogP contribution in [0.4, 0.5) is 0 Å². The van der Waals surface area contributed by atoms with Crippen molar-refractivity contribution in [2.75, 3.05) is 19.8 Å². The zero-order valence-electron chi connectivity index (χ0n) is 38.0. The third-order valence-corrected chi connectivity index (χ3v) is 12.2. The van der Waals surface area contributed by atoms with Crippen LogP contribution in [0.25, 0.3) is 0 Å². The Morgan fingerprint density at radius 2 is 0.684 bits per heavy atom. The first-order valence-corrected chi connectivity index (χ1v) is 26.3. The lowest BCUT2D eigenvalue weighted by Crippen LogP contribution is -2.29. The fourth-order valence-corrected chi connectivity index (χ4v) is 8.27. The SMILES string of the molecule is CCCCCCCCCCCCCCCCCCCCCCCCC(=O)OC(COC(=O)CCCCCCCCCCCCCCCCC)COP(=O)(O)OCC. The summed E-state index contributed by atoms with van der Waals surface area (Å²) in [5.74, 6) is -0.776. The summed E-state index contributed by atoms with van der Waals surface area (Å²) in [4.78, 5) is 34.9. The maximum atomic E-state index is 12.6. The molecule has 0 amide bonds. The Labute approximate surface area is 353 Å². The van der Waals surface area contributed by atoms with Gasteiger partial charge in [-0.3, -0.25) is 18.6 Å². The van der Waals surface area contributed by atoms with Gasteiger partial charge >= 0.3 is 19.8 Å². The number of unbranched alkanes of at least 4 members (excludes halogenated alkanes) is 35. The molecule has 0 saturated carbocycles. The van der Waals surface area contributed by atoms with Gasteiger partial charge in [0.1, 0.15) is 6.61 Å². The molecular formula is C48H95O8P. The molecule has 0 aromatic heterocycles. The molecule has 0 bridgehead atoms. The van der Waals surface area contributed by atoms with Crippen molar-refractivity contribution in [3.63, 3.8) is 0 Å². The first-order valence-electron chi connectivity index (χ1n) is 24.8. The van der Waals surface area contributed by atoms with E-state index in [9.17, 15) is 19.0 Å². The van der Waals surface area contributed by atoms with Gasteiger partial charge in [-0.1, -0.05) is 239 Å². The first-order chi connectivity index (χ1) is 27.8. The summed E-state index contributed by atoms with van der Waals surface area (Å²) in [6, 6.07) is 0. The minimum absolute atomic E-state index is 0.00593. The lowest BCUT2D eigenvalue weighted by molar-refractivity contribution is -0.161. The predicted molar refractivity (Wildman–Crippen MR) is 240 cm³/mol. The Hall–Kier alpha value is -0.950. The van der Waals surface area contributed by atoms with Gasteiger partial charge in [-0.2, -0.15) is 0 Å². The van der Waals surface area contributed by atoms with Crippen molar-refractivity contribution < 1.29 is 37.6 Å². The summed E-state index contributed by atoms with van der Waals surface area (Å²) in [6.07, 6.45) is 47.4. The number of phosphoric ester groups is 1. The minimum atomic E-state index is -4.28. The van der Waals surface area contributed by atoms with Crippen LogP contribution in [0, 0.1) is 0 Å². The molecule has 0 heterocycles. The molecule has 0 radical (unpaired) electrons. The van der Waals surface area contributed by atoms with E-state index in [2.05, 4.69) is 13.8 Å². The molecule has 1 N–H and O–H groups in total. The molecule has 2 atom stereocenters. The summed E-state index contributed by atoms with van der Waals surface area (Å²) in [5, 5.41) is 0. The summed E-state index contributed by atoms with van der Waals surface area (Å²) in [6.45, 7) is 5.54. The Bertz CT molecular complexity index is 900. The van der Waals surface area contributed by atoms with Crippen molar-refractivity contribution in [2.24, 2.45) is 0 Å². The van der Waals surface area contributed by atoms with E-state index in [1.165, 1.54) is 199 Å². The zero-order chi connectivity index (χ0) is 41.8. The van der Waals surface area contributed by atoms with Crippen LogP contribution in [-0.2, 0) is 32.7 Å². The molecule has 0 aromatic carbocycles. The van der Waals surface area contributed by atoms with Crippen molar-refractivity contribution in [2.45, 2.75) is 277 Å². The number of carbonyl (C=O) groups excluding carboxylic acids is 2. The van der Waals surface area contributed by atoms with Crippen molar-refractivity contribution in [3.05, 3.63) is 0 Å². The third-order valence-electron chi connectivity index (χ3n) is 11.2.